The Morgan fingerprint density at radius 3 is 2.70 bits per heavy atom. The molecule has 2 rings (SSSR count). The molecule has 4 heteroatoms. The Balaban J connectivity index is 2.14. The summed E-state index contributed by atoms with van der Waals surface area (Å²) in [5.41, 5.74) is 8.58. The average Bonchev–Trinajstić information content (AvgIpc) is 2.90. The van der Waals surface area contributed by atoms with Gasteiger partial charge in [-0.3, -0.25) is 5.41 Å². The van der Waals surface area contributed by atoms with Gasteiger partial charge in [0.25, 0.3) is 0 Å². The number of aryl methyl sites for hydroxylation is 1. The standard InChI is InChI=1S/C16H21N3S/c1-11-9-13(6-7-15(11)16(17)18)19(3)12(2)10-14-5-4-8-20-14/h4-9,12H,10H2,1-3H3,(H3,17,18). The predicted molar refractivity (Wildman–Crippen MR) is 88.1 cm³/mol. The van der Waals surface area contributed by atoms with Crippen LogP contribution >= 0.6 is 11.3 Å². The van der Waals surface area contributed by atoms with E-state index in [2.05, 4.69) is 42.5 Å². The largest absolute Gasteiger partial charge is 0.384 e. The van der Waals surface area contributed by atoms with Crippen LogP contribution in [0.15, 0.2) is 35.7 Å². The summed E-state index contributed by atoms with van der Waals surface area (Å²) in [5.74, 6) is 0.128. The van der Waals surface area contributed by atoms with Gasteiger partial charge in [-0.25, -0.2) is 0 Å². The Morgan fingerprint density at radius 1 is 1.40 bits per heavy atom. The molecule has 3 nitrogen and oxygen atoms in total. The minimum atomic E-state index is 0.128. The normalized spacial score (nSPS) is 12.2. The summed E-state index contributed by atoms with van der Waals surface area (Å²) < 4.78 is 0. The van der Waals surface area contributed by atoms with Gasteiger partial charge in [-0.05, 0) is 49.1 Å². The maximum Gasteiger partial charge on any atom is 0.123 e. The van der Waals surface area contributed by atoms with Crippen molar-refractivity contribution in [2.75, 3.05) is 11.9 Å². The zero-order valence-corrected chi connectivity index (χ0v) is 13.0. The summed E-state index contributed by atoms with van der Waals surface area (Å²) in [5, 5.41) is 9.65. The van der Waals surface area contributed by atoms with Crippen LogP contribution < -0.4 is 10.6 Å². The second kappa shape index (κ2) is 6.09. The number of hydrogen-bond donors (Lipinski definition) is 2. The van der Waals surface area contributed by atoms with E-state index < -0.39 is 0 Å². The number of hydrogen-bond acceptors (Lipinski definition) is 3. The fourth-order valence-corrected chi connectivity index (χ4v) is 3.11. The van der Waals surface area contributed by atoms with Crippen LogP contribution in [0.5, 0.6) is 0 Å². The van der Waals surface area contributed by atoms with Gasteiger partial charge in [0, 0.05) is 35.6 Å². The van der Waals surface area contributed by atoms with Crippen LogP contribution in [-0.4, -0.2) is 18.9 Å². The molecular weight excluding hydrogens is 266 g/mol. The van der Waals surface area contributed by atoms with Crippen molar-refractivity contribution in [2.24, 2.45) is 5.73 Å². The van der Waals surface area contributed by atoms with E-state index in [9.17, 15) is 0 Å². The van der Waals surface area contributed by atoms with E-state index in [4.69, 9.17) is 11.1 Å². The summed E-state index contributed by atoms with van der Waals surface area (Å²) in [6.07, 6.45) is 1.04. The van der Waals surface area contributed by atoms with E-state index in [1.807, 2.05) is 19.1 Å². The van der Waals surface area contributed by atoms with Crippen LogP contribution in [0.2, 0.25) is 0 Å². The Labute approximate surface area is 124 Å². The number of nitrogens with two attached hydrogens (primary N) is 1. The van der Waals surface area contributed by atoms with Crippen LogP contribution in [0.3, 0.4) is 0 Å². The van der Waals surface area contributed by atoms with Crippen molar-refractivity contribution in [2.45, 2.75) is 26.3 Å². The molecule has 0 aliphatic rings. The number of nitrogens with zero attached hydrogens (tertiary/aromatic N) is 1. The third-order valence-electron chi connectivity index (χ3n) is 3.65. The molecule has 0 amide bonds. The van der Waals surface area contributed by atoms with E-state index in [0.29, 0.717) is 6.04 Å². The summed E-state index contributed by atoms with van der Waals surface area (Å²) in [4.78, 5) is 3.68. The first-order chi connectivity index (χ1) is 9.49. The van der Waals surface area contributed by atoms with Gasteiger partial charge in [-0.2, -0.15) is 0 Å². The molecule has 0 fully saturated rings. The zero-order chi connectivity index (χ0) is 14.7. The Hall–Kier alpha value is -1.81. The van der Waals surface area contributed by atoms with Crippen molar-refractivity contribution < 1.29 is 0 Å². The molecule has 1 unspecified atom stereocenters. The van der Waals surface area contributed by atoms with E-state index in [0.717, 1.165) is 23.2 Å². The molecule has 20 heavy (non-hydrogen) atoms. The molecule has 0 aliphatic heterocycles. The van der Waals surface area contributed by atoms with Crippen molar-refractivity contribution in [3.8, 4) is 0 Å². The van der Waals surface area contributed by atoms with Gasteiger partial charge in [0.1, 0.15) is 5.84 Å². The number of likely N-dealkylation sites (N-methyl/N-ethyl adjacent to an activating group) is 1. The molecule has 0 aliphatic carbocycles. The Kier molecular flexibility index (Phi) is 4.45. The SMILES string of the molecule is Cc1cc(N(C)C(C)Cc2cccs2)ccc1C(=N)N. The average molecular weight is 287 g/mol. The lowest BCUT2D eigenvalue weighted by atomic mass is 10.1. The van der Waals surface area contributed by atoms with Crippen molar-refractivity contribution in [3.05, 3.63) is 51.7 Å². The number of nitrogens with one attached hydrogen (secondary N) is 1. The lowest BCUT2D eigenvalue weighted by molar-refractivity contribution is 0.688. The highest BCUT2D eigenvalue weighted by molar-refractivity contribution is 7.09. The monoisotopic (exact) mass is 287 g/mol. The highest BCUT2D eigenvalue weighted by Gasteiger charge is 2.13. The van der Waals surface area contributed by atoms with Gasteiger partial charge in [-0.1, -0.05) is 6.07 Å². The second-order valence-electron chi connectivity index (χ2n) is 5.16. The number of benzene rings is 1. The molecule has 1 aromatic carbocycles. The number of nitrogen functional groups attached to an aromatic ring is 1. The quantitative estimate of drug-likeness (QED) is 0.654. The van der Waals surface area contributed by atoms with Crippen LogP contribution in [0, 0.1) is 12.3 Å². The summed E-state index contributed by atoms with van der Waals surface area (Å²) in [6, 6.07) is 10.8. The summed E-state index contributed by atoms with van der Waals surface area (Å²) in [7, 11) is 2.11. The second-order valence-corrected chi connectivity index (χ2v) is 6.19. The van der Waals surface area contributed by atoms with Crippen LogP contribution in [0.1, 0.15) is 22.9 Å². The third kappa shape index (κ3) is 3.20. The minimum Gasteiger partial charge on any atom is -0.384 e. The molecule has 2 aromatic rings. The molecule has 0 saturated carbocycles. The minimum absolute atomic E-state index is 0.128. The van der Waals surface area contributed by atoms with Crippen molar-refractivity contribution in [1.82, 2.24) is 0 Å². The Morgan fingerprint density at radius 2 is 2.15 bits per heavy atom. The molecule has 1 heterocycles. The van der Waals surface area contributed by atoms with E-state index in [-0.39, 0.29) is 5.84 Å². The fraction of sp³-hybridized carbons (Fsp3) is 0.312. The molecular formula is C16H21N3S. The molecule has 0 spiro atoms. The molecule has 1 aromatic heterocycles. The van der Waals surface area contributed by atoms with E-state index >= 15 is 0 Å². The van der Waals surface area contributed by atoms with Crippen LogP contribution in [-0.2, 0) is 6.42 Å². The van der Waals surface area contributed by atoms with E-state index in [1.165, 1.54) is 4.88 Å². The first kappa shape index (κ1) is 14.6. The number of amidine groups is 1. The first-order valence-corrected chi connectivity index (χ1v) is 7.57. The number of anilines is 1. The molecule has 106 valence electrons. The third-order valence-corrected chi connectivity index (χ3v) is 4.54. The van der Waals surface area contributed by atoms with Crippen LogP contribution in [0.25, 0.3) is 0 Å². The van der Waals surface area contributed by atoms with E-state index in [1.54, 1.807) is 11.3 Å². The highest BCUT2D eigenvalue weighted by Crippen LogP contribution is 2.22. The van der Waals surface area contributed by atoms with Crippen LogP contribution in [0.4, 0.5) is 5.69 Å². The van der Waals surface area contributed by atoms with Gasteiger partial charge in [0.15, 0.2) is 0 Å². The van der Waals surface area contributed by atoms with Crippen molar-refractivity contribution in [1.29, 1.82) is 5.41 Å². The summed E-state index contributed by atoms with van der Waals surface area (Å²) in [6.45, 7) is 4.23. The zero-order valence-electron chi connectivity index (χ0n) is 12.2. The smallest absolute Gasteiger partial charge is 0.123 e. The van der Waals surface area contributed by atoms with Crippen molar-refractivity contribution >= 4 is 22.9 Å². The molecule has 1 atom stereocenters. The first-order valence-electron chi connectivity index (χ1n) is 6.69. The predicted octanol–water partition coefficient (Wildman–Crippen LogP) is 3.41. The number of rotatable bonds is 5. The molecule has 0 radical (unpaired) electrons. The van der Waals surface area contributed by atoms with Gasteiger partial charge in [-0.15, -0.1) is 11.3 Å². The van der Waals surface area contributed by atoms with Gasteiger partial charge in [0.2, 0.25) is 0 Å². The van der Waals surface area contributed by atoms with Crippen molar-refractivity contribution in [3.63, 3.8) is 0 Å². The lowest BCUT2D eigenvalue weighted by Crippen LogP contribution is -2.30. The molecule has 3 N–H and O–H groups in total. The van der Waals surface area contributed by atoms with Gasteiger partial charge in [0.05, 0.1) is 0 Å². The van der Waals surface area contributed by atoms with Gasteiger partial charge >= 0.3 is 0 Å². The number of thiophene rings is 1. The van der Waals surface area contributed by atoms with Gasteiger partial charge < -0.3 is 10.6 Å². The summed E-state index contributed by atoms with van der Waals surface area (Å²) >= 11 is 1.80. The lowest BCUT2D eigenvalue weighted by Gasteiger charge is -2.27. The molecule has 0 bridgehead atoms. The highest BCUT2D eigenvalue weighted by atomic mass is 32.1. The Bertz CT molecular complexity index is 590. The molecule has 0 saturated heterocycles. The maximum atomic E-state index is 7.53. The fourth-order valence-electron chi connectivity index (χ4n) is 2.28. The topological polar surface area (TPSA) is 53.1 Å². The maximum absolute atomic E-state index is 7.53.